The minimum Gasteiger partial charge on any atom is -0.376 e. The molecule has 0 fully saturated rings. The van der Waals surface area contributed by atoms with Crippen molar-refractivity contribution < 1.29 is 4.79 Å². The van der Waals surface area contributed by atoms with Gasteiger partial charge in [0, 0.05) is 16.7 Å². The Balaban J connectivity index is 2.24. The second-order valence-electron chi connectivity index (χ2n) is 4.40. The van der Waals surface area contributed by atoms with Crippen LogP contribution in [0.1, 0.15) is 20.3 Å². The van der Waals surface area contributed by atoms with Crippen LogP contribution in [0.2, 0.25) is 0 Å². The summed E-state index contributed by atoms with van der Waals surface area (Å²) in [4.78, 5) is 11.5. The van der Waals surface area contributed by atoms with Crippen LogP contribution in [0.3, 0.4) is 0 Å². The van der Waals surface area contributed by atoms with E-state index in [9.17, 15) is 4.79 Å². The SMILES string of the molecule is CC(C)CCNC(=O)CNc1cccc(Br)c1. The molecule has 0 aliphatic heterocycles. The molecule has 4 heteroatoms. The fourth-order valence-electron chi connectivity index (χ4n) is 1.34. The van der Waals surface area contributed by atoms with Gasteiger partial charge in [0.05, 0.1) is 6.54 Å². The average molecular weight is 299 g/mol. The van der Waals surface area contributed by atoms with Crippen LogP contribution in [0, 0.1) is 5.92 Å². The fraction of sp³-hybridized carbons (Fsp3) is 0.462. The second-order valence-corrected chi connectivity index (χ2v) is 5.31. The monoisotopic (exact) mass is 298 g/mol. The molecule has 1 aromatic carbocycles. The topological polar surface area (TPSA) is 41.1 Å². The molecule has 0 aliphatic rings. The van der Waals surface area contributed by atoms with E-state index in [1.807, 2.05) is 24.3 Å². The molecule has 0 aromatic heterocycles. The smallest absolute Gasteiger partial charge is 0.239 e. The summed E-state index contributed by atoms with van der Waals surface area (Å²) in [5.74, 6) is 0.652. The van der Waals surface area contributed by atoms with Gasteiger partial charge in [-0.2, -0.15) is 0 Å². The Labute approximate surface area is 111 Å². The number of carbonyl (C=O) groups is 1. The molecule has 0 spiro atoms. The van der Waals surface area contributed by atoms with Crippen LogP contribution >= 0.6 is 15.9 Å². The third-order valence-corrected chi connectivity index (χ3v) is 2.81. The lowest BCUT2D eigenvalue weighted by atomic mass is 10.1. The van der Waals surface area contributed by atoms with Gasteiger partial charge in [0.15, 0.2) is 0 Å². The van der Waals surface area contributed by atoms with Crippen LogP contribution < -0.4 is 10.6 Å². The van der Waals surface area contributed by atoms with Crippen molar-refractivity contribution in [3.05, 3.63) is 28.7 Å². The zero-order chi connectivity index (χ0) is 12.7. The van der Waals surface area contributed by atoms with Gasteiger partial charge in [-0.3, -0.25) is 4.79 Å². The molecule has 0 aliphatic carbocycles. The van der Waals surface area contributed by atoms with E-state index in [2.05, 4.69) is 40.4 Å². The van der Waals surface area contributed by atoms with E-state index < -0.39 is 0 Å². The Morgan fingerprint density at radius 2 is 2.18 bits per heavy atom. The molecule has 94 valence electrons. The Hall–Kier alpha value is -1.03. The maximum Gasteiger partial charge on any atom is 0.239 e. The third kappa shape index (κ3) is 6.31. The highest BCUT2D eigenvalue weighted by Crippen LogP contribution is 2.15. The van der Waals surface area contributed by atoms with E-state index in [4.69, 9.17) is 0 Å². The van der Waals surface area contributed by atoms with Gasteiger partial charge < -0.3 is 10.6 Å². The maximum atomic E-state index is 11.5. The van der Waals surface area contributed by atoms with E-state index in [0.29, 0.717) is 12.5 Å². The van der Waals surface area contributed by atoms with Crippen LogP contribution in [0.15, 0.2) is 28.7 Å². The van der Waals surface area contributed by atoms with Crippen LogP contribution in [-0.4, -0.2) is 19.0 Å². The van der Waals surface area contributed by atoms with Crippen LogP contribution in [0.25, 0.3) is 0 Å². The molecule has 0 atom stereocenters. The molecule has 0 heterocycles. The summed E-state index contributed by atoms with van der Waals surface area (Å²) in [6, 6.07) is 7.77. The van der Waals surface area contributed by atoms with E-state index >= 15 is 0 Å². The van der Waals surface area contributed by atoms with Gasteiger partial charge in [0.1, 0.15) is 0 Å². The summed E-state index contributed by atoms with van der Waals surface area (Å²) >= 11 is 3.39. The van der Waals surface area contributed by atoms with Gasteiger partial charge in [-0.05, 0) is 30.5 Å². The first-order valence-corrected chi connectivity index (χ1v) is 6.63. The van der Waals surface area contributed by atoms with Crippen molar-refractivity contribution >= 4 is 27.5 Å². The summed E-state index contributed by atoms with van der Waals surface area (Å²) in [7, 11) is 0. The molecule has 0 saturated carbocycles. The Morgan fingerprint density at radius 3 is 2.82 bits per heavy atom. The number of nitrogens with one attached hydrogen (secondary N) is 2. The molecular weight excluding hydrogens is 280 g/mol. The predicted molar refractivity (Wildman–Crippen MR) is 75.1 cm³/mol. The van der Waals surface area contributed by atoms with Crippen molar-refractivity contribution in [1.82, 2.24) is 5.32 Å². The minimum atomic E-state index is 0.0330. The lowest BCUT2D eigenvalue weighted by Gasteiger charge is -2.09. The number of hydrogen-bond donors (Lipinski definition) is 2. The number of carbonyl (C=O) groups excluding carboxylic acids is 1. The van der Waals surface area contributed by atoms with E-state index in [0.717, 1.165) is 23.1 Å². The standard InChI is InChI=1S/C13H19BrN2O/c1-10(2)6-7-15-13(17)9-16-12-5-3-4-11(14)8-12/h3-5,8,10,16H,6-7,9H2,1-2H3,(H,15,17). The van der Waals surface area contributed by atoms with Gasteiger partial charge in [-0.25, -0.2) is 0 Å². The van der Waals surface area contributed by atoms with Gasteiger partial charge in [0.25, 0.3) is 0 Å². The van der Waals surface area contributed by atoms with Crippen molar-refractivity contribution in [2.24, 2.45) is 5.92 Å². The molecule has 0 bridgehead atoms. The van der Waals surface area contributed by atoms with Crippen LogP contribution in [0.4, 0.5) is 5.69 Å². The highest BCUT2D eigenvalue weighted by Gasteiger charge is 2.01. The quantitative estimate of drug-likeness (QED) is 0.848. The molecule has 0 unspecified atom stereocenters. The van der Waals surface area contributed by atoms with Crippen molar-refractivity contribution in [2.45, 2.75) is 20.3 Å². The largest absolute Gasteiger partial charge is 0.376 e. The number of halogens is 1. The maximum absolute atomic E-state index is 11.5. The first-order valence-electron chi connectivity index (χ1n) is 5.84. The molecule has 1 aromatic rings. The zero-order valence-corrected chi connectivity index (χ0v) is 11.9. The first-order chi connectivity index (χ1) is 8.08. The van der Waals surface area contributed by atoms with Crippen molar-refractivity contribution in [2.75, 3.05) is 18.4 Å². The number of anilines is 1. The number of hydrogen-bond acceptors (Lipinski definition) is 2. The summed E-state index contributed by atoms with van der Waals surface area (Å²) in [6.45, 7) is 5.35. The lowest BCUT2D eigenvalue weighted by Crippen LogP contribution is -2.31. The molecule has 0 radical (unpaired) electrons. The minimum absolute atomic E-state index is 0.0330. The van der Waals surface area contributed by atoms with Gasteiger partial charge in [-0.15, -0.1) is 0 Å². The molecule has 1 rings (SSSR count). The van der Waals surface area contributed by atoms with Crippen LogP contribution in [0.5, 0.6) is 0 Å². The van der Waals surface area contributed by atoms with Gasteiger partial charge >= 0.3 is 0 Å². The van der Waals surface area contributed by atoms with E-state index in [-0.39, 0.29) is 5.91 Å². The predicted octanol–water partition coefficient (Wildman–Crippen LogP) is 3.02. The molecule has 17 heavy (non-hydrogen) atoms. The number of rotatable bonds is 6. The fourth-order valence-corrected chi connectivity index (χ4v) is 1.74. The van der Waals surface area contributed by atoms with Crippen molar-refractivity contribution in [3.8, 4) is 0 Å². The first kappa shape index (κ1) is 14.0. The van der Waals surface area contributed by atoms with Crippen LogP contribution in [-0.2, 0) is 4.79 Å². The highest BCUT2D eigenvalue weighted by atomic mass is 79.9. The van der Waals surface area contributed by atoms with E-state index in [1.165, 1.54) is 0 Å². The average Bonchev–Trinajstić information content (AvgIpc) is 2.26. The van der Waals surface area contributed by atoms with Gasteiger partial charge in [0.2, 0.25) is 5.91 Å². The molecule has 2 N–H and O–H groups in total. The van der Waals surface area contributed by atoms with E-state index in [1.54, 1.807) is 0 Å². The Bertz CT molecular complexity index is 366. The second kappa shape index (κ2) is 7.33. The Kier molecular flexibility index (Phi) is 6.05. The molecule has 3 nitrogen and oxygen atoms in total. The molecular formula is C13H19BrN2O. The zero-order valence-electron chi connectivity index (χ0n) is 10.3. The van der Waals surface area contributed by atoms with Crippen molar-refractivity contribution in [3.63, 3.8) is 0 Å². The summed E-state index contributed by atoms with van der Waals surface area (Å²) in [5.41, 5.74) is 0.943. The number of benzene rings is 1. The normalized spacial score (nSPS) is 10.4. The summed E-state index contributed by atoms with van der Waals surface area (Å²) in [6.07, 6.45) is 1.02. The summed E-state index contributed by atoms with van der Waals surface area (Å²) in [5, 5.41) is 5.97. The Morgan fingerprint density at radius 1 is 1.41 bits per heavy atom. The number of amides is 1. The lowest BCUT2D eigenvalue weighted by molar-refractivity contribution is -0.119. The van der Waals surface area contributed by atoms with Crippen molar-refractivity contribution in [1.29, 1.82) is 0 Å². The molecule has 1 amide bonds. The summed E-state index contributed by atoms with van der Waals surface area (Å²) < 4.78 is 1.00. The van der Waals surface area contributed by atoms with Gasteiger partial charge in [-0.1, -0.05) is 35.8 Å². The highest BCUT2D eigenvalue weighted by molar-refractivity contribution is 9.10. The third-order valence-electron chi connectivity index (χ3n) is 2.32. The molecule has 0 saturated heterocycles.